The number of carbonyl (C=O) groups is 1. The Hall–Kier alpha value is -1.16. The van der Waals surface area contributed by atoms with Gasteiger partial charge < -0.3 is 10.6 Å². The Morgan fingerprint density at radius 2 is 2.17 bits per heavy atom. The number of nitrogens with one attached hydrogen (secondary N) is 2. The van der Waals surface area contributed by atoms with Crippen LogP contribution >= 0.6 is 11.8 Å². The number of hydrogen-bond donors (Lipinski definition) is 2. The third-order valence-corrected chi connectivity index (χ3v) is 4.04. The topological polar surface area (TPSA) is 41.1 Å². The van der Waals surface area contributed by atoms with E-state index >= 15 is 0 Å². The number of hydrogen-bond acceptors (Lipinski definition) is 3. The summed E-state index contributed by atoms with van der Waals surface area (Å²) in [5.74, 6) is 0.00839. The van der Waals surface area contributed by atoms with Crippen LogP contribution in [0.4, 0.5) is 5.69 Å². The second kappa shape index (κ2) is 7.31. The van der Waals surface area contributed by atoms with Crippen molar-refractivity contribution >= 4 is 23.4 Å². The van der Waals surface area contributed by atoms with Gasteiger partial charge in [-0.2, -0.15) is 11.8 Å². The van der Waals surface area contributed by atoms with Crippen molar-refractivity contribution < 1.29 is 4.79 Å². The van der Waals surface area contributed by atoms with Gasteiger partial charge in [0.1, 0.15) is 0 Å². The van der Waals surface area contributed by atoms with Gasteiger partial charge in [0.2, 0.25) is 0 Å². The van der Waals surface area contributed by atoms with Crippen LogP contribution in [0.5, 0.6) is 0 Å². The van der Waals surface area contributed by atoms with E-state index in [4.69, 9.17) is 0 Å². The third kappa shape index (κ3) is 4.26. The summed E-state index contributed by atoms with van der Waals surface area (Å²) >= 11 is 1.82. The molecule has 0 bridgehead atoms. The first kappa shape index (κ1) is 14.9. The molecule has 1 rings (SSSR count). The zero-order valence-corrected chi connectivity index (χ0v) is 12.4. The SMILES string of the molecule is CNc1ccc(C(=O)NCCC(C)SC)cc1C. The molecule has 0 saturated heterocycles. The van der Waals surface area contributed by atoms with E-state index in [-0.39, 0.29) is 5.91 Å². The predicted octanol–water partition coefficient (Wildman–Crippen LogP) is 2.91. The molecule has 1 amide bonds. The van der Waals surface area contributed by atoms with Gasteiger partial charge in [-0.3, -0.25) is 4.79 Å². The van der Waals surface area contributed by atoms with Crippen LogP contribution < -0.4 is 10.6 Å². The van der Waals surface area contributed by atoms with E-state index in [1.165, 1.54) is 0 Å². The maximum absolute atomic E-state index is 11.9. The number of carbonyl (C=O) groups excluding carboxylic acids is 1. The van der Waals surface area contributed by atoms with E-state index in [1.54, 1.807) is 0 Å². The highest BCUT2D eigenvalue weighted by atomic mass is 32.2. The molecular weight excluding hydrogens is 244 g/mol. The highest BCUT2D eigenvalue weighted by Crippen LogP contribution is 2.15. The highest BCUT2D eigenvalue weighted by Gasteiger charge is 2.07. The number of aryl methyl sites for hydroxylation is 1. The van der Waals surface area contributed by atoms with Crippen LogP contribution in [0.1, 0.15) is 29.3 Å². The first-order valence-electron chi connectivity index (χ1n) is 6.18. The van der Waals surface area contributed by atoms with Crippen molar-refractivity contribution in [2.75, 3.05) is 25.2 Å². The molecule has 4 heteroatoms. The minimum atomic E-state index is 0.00839. The first-order valence-corrected chi connectivity index (χ1v) is 7.46. The molecule has 1 unspecified atom stereocenters. The zero-order valence-electron chi connectivity index (χ0n) is 11.5. The zero-order chi connectivity index (χ0) is 13.5. The fourth-order valence-electron chi connectivity index (χ4n) is 1.69. The molecule has 18 heavy (non-hydrogen) atoms. The van der Waals surface area contributed by atoms with Crippen LogP contribution in [0.15, 0.2) is 18.2 Å². The van der Waals surface area contributed by atoms with Crippen molar-refractivity contribution in [1.82, 2.24) is 5.32 Å². The summed E-state index contributed by atoms with van der Waals surface area (Å²) in [5, 5.41) is 6.63. The minimum absolute atomic E-state index is 0.00839. The average Bonchev–Trinajstić information content (AvgIpc) is 2.38. The Balaban J connectivity index is 2.54. The van der Waals surface area contributed by atoms with Crippen molar-refractivity contribution in [3.8, 4) is 0 Å². The van der Waals surface area contributed by atoms with Gasteiger partial charge in [0, 0.05) is 30.1 Å². The molecule has 100 valence electrons. The van der Waals surface area contributed by atoms with Crippen LogP contribution in [0.3, 0.4) is 0 Å². The number of benzene rings is 1. The molecule has 0 heterocycles. The summed E-state index contributed by atoms with van der Waals surface area (Å²) in [7, 11) is 1.88. The molecule has 2 N–H and O–H groups in total. The maximum Gasteiger partial charge on any atom is 0.251 e. The molecule has 1 aromatic rings. The van der Waals surface area contributed by atoms with E-state index in [0.717, 1.165) is 29.8 Å². The second-order valence-corrected chi connectivity index (χ2v) is 5.65. The second-order valence-electron chi connectivity index (χ2n) is 4.37. The molecule has 0 aliphatic carbocycles. The highest BCUT2D eigenvalue weighted by molar-refractivity contribution is 7.99. The molecule has 1 atom stereocenters. The largest absolute Gasteiger partial charge is 0.388 e. The van der Waals surface area contributed by atoms with Crippen molar-refractivity contribution in [3.05, 3.63) is 29.3 Å². The van der Waals surface area contributed by atoms with Crippen molar-refractivity contribution in [1.29, 1.82) is 0 Å². The summed E-state index contributed by atoms with van der Waals surface area (Å²) in [4.78, 5) is 11.9. The third-order valence-electron chi connectivity index (χ3n) is 3.00. The van der Waals surface area contributed by atoms with Crippen LogP contribution in [-0.2, 0) is 0 Å². The Morgan fingerprint density at radius 1 is 1.44 bits per heavy atom. The van der Waals surface area contributed by atoms with E-state index < -0.39 is 0 Å². The van der Waals surface area contributed by atoms with E-state index in [0.29, 0.717) is 5.25 Å². The van der Waals surface area contributed by atoms with Crippen LogP contribution in [-0.4, -0.2) is 31.0 Å². The molecule has 0 spiro atoms. The molecule has 0 aliphatic rings. The van der Waals surface area contributed by atoms with E-state index in [9.17, 15) is 4.79 Å². The molecule has 0 radical (unpaired) electrons. The molecule has 1 aromatic carbocycles. The summed E-state index contributed by atoms with van der Waals surface area (Å²) in [5.41, 5.74) is 2.87. The smallest absolute Gasteiger partial charge is 0.251 e. The molecule has 0 aliphatic heterocycles. The van der Waals surface area contributed by atoms with E-state index in [1.807, 2.05) is 43.9 Å². The standard InChI is InChI=1S/C14H22N2OS/c1-10-9-12(5-6-13(10)15-3)14(17)16-8-7-11(2)18-4/h5-6,9,11,15H,7-8H2,1-4H3,(H,16,17). The van der Waals surface area contributed by atoms with Gasteiger partial charge in [-0.1, -0.05) is 6.92 Å². The summed E-state index contributed by atoms with van der Waals surface area (Å²) in [6.07, 6.45) is 3.09. The molecule has 3 nitrogen and oxygen atoms in total. The molecule has 0 fully saturated rings. The number of thioether (sulfide) groups is 1. The van der Waals surface area contributed by atoms with Gasteiger partial charge in [-0.05, 0) is 43.4 Å². The summed E-state index contributed by atoms with van der Waals surface area (Å²) in [6.45, 7) is 4.90. The fraction of sp³-hybridized carbons (Fsp3) is 0.500. The summed E-state index contributed by atoms with van der Waals surface area (Å²) in [6, 6.07) is 5.71. The lowest BCUT2D eigenvalue weighted by molar-refractivity contribution is 0.0953. The number of rotatable bonds is 6. The lowest BCUT2D eigenvalue weighted by Gasteiger charge is -2.10. The van der Waals surface area contributed by atoms with Gasteiger partial charge in [0.25, 0.3) is 5.91 Å². The number of anilines is 1. The first-order chi connectivity index (χ1) is 8.58. The van der Waals surface area contributed by atoms with Crippen molar-refractivity contribution in [3.63, 3.8) is 0 Å². The van der Waals surface area contributed by atoms with Crippen LogP contribution in [0.2, 0.25) is 0 Å². The molecule has 0 aromatic heterocycles. The van der Waals surface area contributed by atoms with Crippen LogP contribution in [0, 0.1) is 6.92 Å². The van der Waals surface area contributed by atoms with Gasteiger partial charge in [-0.15, -0.1) is 0 Å². The lowest BCUT2D eigenvalue weighted by atomic mass is 10.1. The van der Waals surface area contributed by atoms with Crippen LogP contribution in [0.25, 0.3) is 0 Å². The Kier molecular flexibility index (Phi) is 6.05. The Morgan fingerprint density at radius 3 is 2.72 bits per heavy atom. The quantitative estimate of drug-likeness (QED) is 0.832. The van der Waals surface area contributed by atoms with Crippen molar-refractivity contribution in [2.24, 2.45) is 0 Å². The van der Waals surface area contributed by atoms with Gasteiger partial charge in [-0.25, -0.2) is 0 Å². The van der Waals surface area contributed by atoms with Gasteiger partial charge >= 0.3 is 0 Å². The Labute approximate surface area is 114 Å². The van der Waals surface area contributed by atoms with Crippen molar-refractivity contribution in [2.45, 2.75) is 25.5 Å². The van der Waals surface area contributed by atoms with E-state index in [2.05, 4.69) is 23.8 Å². The summed E-state index contributed by atoms with van der Waals surface area (Å²) < 4.78 is 0. The van der Waals surface area contributed by atoms with Gasteiger partial charge in [0.05, 0.1) is 0 Å². The fourth-order valence-corrected chi connectivity index (χ4v) is 2.05. The molecular formula is C14H22N2OS. The normalized spacial score (nSPS) is 12.0. The predicted molar refractivity (Wildman–Crippen MR) is 80.7 cm³/mol. The molecule has 0 saturated carbocycles. The minimum Gasteiger partial charge on any atom is -0.388 e. The average molecular weight is 266 g/mol. The van der Waals surface area contributed by atoms with Gasteiger partial charge in [0.15, 0.2) is 0 Å². The monoisotopic (exact) mass is 266 g/mol. The Bertz CT molecular complexity index is 407. The lowest BCUT2D eigenvalue weighted by Crippen LogP contribution is -2.26. The number of amides is 1. The maximum atomic E-state index is 11.9.